The number of rotatable bonds is 11. The van der Waals surface area contributed by atoms with Gasteiger partial charge in [0.05, 0.1) is 5.92 Å². The molecule has 0 heterocycles. The normalized spacial score (nSPS) is 12.3. The third-order valence-corrected chi connectivity index (χ3v) is 2.97. The van der Waals surface area contributed by atoms with Crippen molar-refractivity contribution in [2.45, 2.75) is 64.7 Å². The molecule has 0 rings (SSSR count). The minimum atomic E-state index is -0.611. The van der Waals surface area contributed by atoms with Crippen LogP contribution in [0.3, 0.4) is 0 Å². The van der Waals surface area contributed by atoms with E-state index in [2.05, 4.69) is 13.5 Å². The third-order valence-electron chi connectivity index (χ3n) is 2.97. The Hall–Kier alpha value is -0.790. The van der Waals surface area contributed by atoms with E-state index in [-0.39, 0.29) is 5.92 Å². The van der Waals surface area contributed by atoms with Crippen LogP contribution in [0.4, 0.5) is 0 Å². The summed E-state index contributed by atoms with van der Waals surface area (Å²) >= 11 is 0. The van der Waals surface area contributed by atoms with Crippen molar-refractivity contribution in [1.82, 2.24) is 0 Å². The summed E-state index contributed by atoms with van der Waals surface area (Å²) in [7, 11) is 0. The summed E-state index contributed by atoms with van der Waals surface area (Å²) in [5.41, 5.74) is 0. The highest BCUT2D eigenvalue weighted by Gasteiger charge is 2.15. The van der Waals surface area contributed by atoms with E-state index < -0.39 is 5.97 Å². The summed E-state index contributed by atoms with van der Waals surface area (Å²) in [6.07, 6.45) is 11.3. The Morgan fingerprint density at radius 3 is 2.31 bits per heavy atom. The highest BCUT2D eigenvalue weighted by Crippen LogP contribution is 2.18. The second-order valence-corrected chi connectivity index (χ2v) is 4.46. The largest absolute Gasteiger partial charge is 0.481 e. The van der Waals surface area contributed by atoms with E-state index in [0.29, 0.717) is 0 Å². The molecule has 16 heavy (non-hydrogen) atoms. The highest BCUT2D eigenvalue weighted by atomic mass is 16.4. The van der Waals surface area contributed by atoms with Crippen LogP contribution < -0.4 is 0 Å². The van der Waals surface area contributed by atoms with E-state index in [0.717, 1.165) is 57.8 Å². The number of carbonyl (C=O) groups is 1. The molecule has 0 aromatic heterocycles. The molecule has 1 unspecified atom stereocenters. The van der Waals surface area contributed by atoms with Crippen molar-refractivity contribution in [3.63, 3.8) is 0 Å². The van der Waals surface area contributed by atoms with Gasteiger partial charge in [-0.1, -0.05) is 45.1 Å². The summed E-state index contributed by atoms with van der Waals surface area (Å²) < 4.78 is 0. The molecule has 0 aliphatic carbocycles. The molecule has 0 saturated heterocycles. The fourth-order valence-corrected chi connectivity index (χ4v) is 1.89. The zero-order valence-electron chi connectivity index (χ0n) is 10.6. The molecule has 0 fully saturated rings. The van der Waals surface area contributed by atoms with Gasteiger partial charge in [0.2, 0.25) is 0 Å². The van der Waals surface area contributed by atoms with Gasteiger partial charge in [-0.3, -0.25) is 4.79 Å². The summed E-state index contributed by atoms with van der Waals surface area (Å²) in [4.78, 5) is 11.0. The SMILES string of the molecule is C=CCCCCCC(CCCCC)C(=O)O. The van der Waals surface area contributed by atoms with Crippen molar-refractivity contribution < 1.29 is 9.90 Å². The fourth-order valence-electron chi connectivity index (χ4n) is 1.89. The monoisotopic (exact) mass is 226 g/mol. The molecule has 94 valence electrons. The summed E-state index contributed by atoms with van der Waals surface area (Å²) in [5.74, 6) is -0.727. The number of hydrogen-bond donors (Lipinski definition) is 1. The molecule has 1 atom stereocenters. The molecule has 0 amide bonds. The number of hydrogen-bond acceptors (Lipinski definition) is 1. The first-order valence-electron chi connectivity index (χ1n) is 6.56. The van der Waals surface area contributed by atoms with Crippen LogP contribution in [0.2, 0.25) is 0 Å². The molecule has 0 aromatic rings. The van der Waals surface area contributed by atoms with Gasteiger partial charge in [0.15, 0.2) is 0 Å². The maximum atomic E-state index is 11.0. The van der Waals surface area contributed by atoms with Crippen LogP contribution in [0.25, 0.3) is 0 Å². The zero-order valence-corrected chi connectivity index (χ0v) is 10.6. The molecule has 2 heteroatoms. The zero-order chi connectivity index (χ0) is 12.2. The van der Waals surface area contributed by atoms with Crippen molar-refractivity contribution in [3.05, 3.63) is 12.7 Å². The van der Waals surface area contributed by atoms with Crippen LogP contribution in [0.1, 0.15) is 64.7 Å². The average molecular weight is 226 g/mol. The fraction of sp³-hybridized carbons (Fsp3) is 0.786. The lowest BCUT2D eigenvalue weighted by Crippen LogP contribution is -2.13. The Balaban J connectivity index is 3.59. The van der Waals surface area contributed by atoms with Gasteiger partial charge in [-0.05, 0) is 25.7 Å². The lowest BCUT2D eigenvalue weighted by Gasteiger charge is -2.11. The van der Waals surface area contributed by atoms with Crippen LogP contribution >= 0.6 is 0 Å². The predicted octanol–water partition coefficient (Wildman–Crippen LogP) is 4.40. The average Bonchev–Trinajstić information content (AvgIpc) is 2.26. The Morgan fingerprint density at radius 2 is 1.81 bits per heavy atom. The summed E-state index contributed by atoms with van der Waals surface area (Å²) in [5, 5.41) is 9.06. The lowest BCUT2D eigenvalue weighted by molar-refractivity contribution is -0.142. The second-order valence-electron chi connectivity index (χ2n) is 4.46. The van der Waals surface area contributed by atoms with E-state index in [1.165, 1.54) is 0 Å². The van der Waals surface area contributed by atoms with Gasteiger partial charge in [-0.25, -0.2) is 0 Å². The first-order valence-corrected chi connectivity index (χ1v) is 6.56. The van der Waals surface area contributed by atoms with Gasteiger partial charge in [0.25, 0.3) is 0 Å². The first kappa shape index (κ1) is 15.2. The van der Waals surface area contributed by atoms with E-state index in [1.807, 2.05) is 6.08 Å². The van der Waals surface area contributed by atoms with Crippen molar-refractivity contribution >= 4 is 5.97 Å². The number of aliphatic carboxylic acids is 1. The maximum Gasteiger partial charge on any atom is 0.306 e. The molecule has 0 saturated carbocycles. The Labute approximate surface area is 99.7 Å². The minimum Gasteiger partial charge on any atom is -0.481 e. The standard InChI is InChI=1S/C14H26O2/c1-3-5-7-8-10-12-13(14(15)16)11-9-6-4-2/h3,13H,1,4-12H2,2H3,(H,15,16). The number of allylic oxidation sites excluding steroid dienone is 1. The lowest BCUT2D eigenvalue weighted by atomic mass is 9.95. The van der Waals surface area contributed by atoms with Gasteiger partial charge in [-0.15, -0.1) is 6.58 Å². The molecule has 0 bridgehead atoms. The van der Waals surface area contributed by atoms with E-state index in [9.17, 15) is 4.79 Å². The van der Waals surface area contributed by atoms with E-state index in [4.69, 9.17) is 5.11 Å². The molecule has 0 spiro atoms. The molecular formula is C14H26O2. The van der Waals surface area contributed by atoms with Crippen LogP contribution in [0.15, 0.2) is 12.7 Å². The minimum absolute atomic E-state index is 0.115. The first-order chi connectivity index (χ1) is 7.72. The van der Waals surface area contributed by atoms with Crippen LogP contribution in [0.5, 0.6) is 0 Å². The maximum absolute atomic E-state index is 11.0. The van der Waals surface area contributed by atoms with Gasteiger partial charge >= 0.3 is 5.97 Å². The summed E-state index contributed by atoms with van der Waals surface area (Å²) in [6, 6.07) is 0. The highest BCUT2D eigenvalue weighted by molar-refractivity contribution is 5.69. The topological polar surface area (TPSA) is 37.3 Å². The number of carboxylic acid groups (broad SMARTS) is 1. The quantitative estimate of drug-likeness (QED) is 0.418. The van der Waals surface area contributed by atoms with Crippen molar-refractivity contribution in [2.75, 3.05) is 0 Å². The molecule has 0 aliphatic heterocycles. The smallest absolute Gasteiger partial charge is 0.306 e. The Kier molecular flexibility index (Phi) is 10.2. The van der Waals surface area contributed by atoms with Crippen molar-refractivity contribution in [1.29, 1.82) is 0 Å². The molecular weight excluding hydrogens is 200 g/mol. The molecule has 1 N–H and O–H groups in total. The Bertz CT molecular complexity index is 187. The molecule has 0 radical (unpaired) electrons. The molecule has 2 nitrogen and oxygen atoms in total. The van der Waals surface area contributed by atoms with E-state index >= 15 is 0 Å². The van der Waals surface area contributed by atoms with Gasteiger partial charge in [0, 0.05) is 0 Å². The van der Waals surface area contributed by atoms with Crippen LogP contribution in [0, 0.1) is 5.92 Å². The van der Waals surface area contributed by atoms with Crippen molar-refractivity contribution in [3.8, 4) is 0 Å². The van der Waals surface area contributed by atoms with Crippen LogP contribution in [-0.4, -0.2) is 11.1 Å². The molecule has 0 aromatic carbocycles. The van der Waals surface area contributed by atoms with Gasteiger partial charge in [-0.2, -0.15) is 0 Å². The number of unbranched alkanes of at least 4 members (excludes halogenated alkanes) is 5. The number of carboxylic acids is 1. The third kappa shape index (κ3) is 8.51. The summed E-state index contributed by atoms with van der Waals surface area (Å²) in [6.45, 7) is 5.82. The van der Waals surface area contributed by atoms with Gasteiger partial charge < -0.3 is 5.11 Å². The molecule has 0 aliphatic rings. The van der Waals surface area contributed by atoms with Crippen molar-refractivity contribution in [2.24, 2.45) is 5.92 Å². The predicted molar refractivity (Wildman–Crippen MR) is 68.5 cm³/mol. The Morgan fingerprint density at radius 1 is 1.19 bits per heavy atom. The second kappa shape index (κ2) is 10.7. The van der Waals surface area contributed by atoms with Crippen LogP contribution in [-0.2, 0) is 4.79 Å². The van der Waals surface area contributed by atoms with Gasteiger partial charge in [0.1, 0.15) is 0 Å². The van der Waals surface area contributed by atoms with E-state index in [1.54, 1.807) is 0 Å².